The van der Waals surface area contributed by atoms with Crippen LogP contribution in [-0.2, 0) is 25.6 Å². The topological polar surface area (TPSA) is 171 Å². The van der Waals surface area contributed by atoms with Crippen molar-refractivity contribution in [1.29, 1.82) is 0 Å². The van der Waals surface area contributed by atoms with Gasteiger partial charge in [-0.15, -0.1) is 0 Å². The summed E-state index contributed by atoms with van der Waals surface area (Å²) in [6.45, 7) is 5.49. The molecule has 1 aliphatic rings. The van der Waals surface area contributed by atoms with Crippen LogP contribution >= 0.6 is 0 Å². The van der Waals surface area contributed by atoms with E-state index in [0.717, 1.165) is 0 Å². The van der Waals surface area contributed by atoms with Gasteiger partial charge in [-0.05, 0) is 25.7 Å². The molecule has 11 nitrogen and oxygen atoms in total. The van der Waals surface area contributed by atoms with Crippen molar-refractivity contribution in [1.82, 2.24) is 25.5 Å². The third-order valence-electron chi connectivity index (χ3n) is 5.68. The van der Waals surface area contributed by atoms with Crippen molar-refractivity contribution in [3.05, 3.63) is 18.2 Å². The number of aromatic amines is 1. The number of rotatable bonds is 10. The molecule has 1 fully saturated rings. The Morgan fingerprint density at radius 3 is 2.61 bits per heavy atom. The number of aliphatic carboxylic acids is 1. The number of carbonyl (C=O) groups excluding carboxylic acids is 3. The van der Waals surface area contributed by atoms with Gasteiger partial charge in [0, 0.05) is 24.9 Å². The Kier molecular flexibility index (Phi) is 8.55. The first-order valence-electron chi connectivity index (χ1n) is 10.5. The maximum Gasteiger partial charge on any atom is 0.326 e. The van der Waals surface area contributed by atoms with E-state index in [0.29, 0.717) is 31.5 Å². The third-order valence-corrected chi connectivity index (χ3v) is 5.68. The van der Waals surface area contributed by atoms with E-state index < -0.39 is 47.9 Å². The molecule has 1 aliphatic heterocycles. The fourth-order valence-electron chi connectivity index (χ4n) is 3.59. The van der Waals surface area contributed by atoms with Crippen LogP contribution in [0.3, 0.4) is 0 Å². The number of H-pyrrole nitrogens is 1. The smallest absolute Gasteiger partial charge is 0.326 e. The molecule has 0 bridgehead atoms. The van der Waals surface area contributed by atoms with Crippen LogP contribution in [0.15, 0.2) is 12.5 Å². The minimum atomic E-state index is -1.11. The number of imidazole rings is 1. The minimum absolute atomic E-state index is 0.244. The Morgan fingerprint density at radius 1 is 1.32 bits per heavy atom. The maximum atomic E-state index is 12.9. The second-order valence-corrected chi connectivity index (χ2v) is 8.02. The van der Waals surface area contributed by atoms with Crippen LogP contribution in [0.25, 0.3) is 0 Å². The van der Waals surface area contributed by atoms with Gasteiger partial charge in [-0.3, -0.25) is 14.4 Å². The van der Waals surface area contributed by atoms with Gasteiger partial charge >= 0.3 is 5.97 Å². The number of nitrogens with zero attached hydrogens (tertiary/aromatic N) is 2. The highest BCUT2D eigenvalue weighted by molar-refractivity contribution is 5.94. The van der Waals surface area contributed by atoms with Crippen molar-refractivity contribution < 1.29 is 24.3 Å². The van der Waals surface area contributed by atoms with Crippen molar-refractivity contribution >= 4 is 23.7 Å². The molecule has 1 aromatic heterocycles. The molecular weight excluding hydrogens is 404 g/mol. The number of carboxylic acids is 1. The summed E-state index contributed by atoms with van der Waals surface area (Å²) in [6, 6.07) is -3.53. The van der Waals surface area contributed by atoms with Crippen LogP contribution in [0, 0.1) is 5.92 Å². The van der Waals surface area contributed by atoms with Gasteiger partial charge in [0.05, 0.1) is 12.4 Å². The van der Waals surface area contributed by atoms with E-state index in [1.54, 1.807) is 13.1 Å². The Balaban J connectivity index is 1.96. The number of likely N-dealkylation sites (tertiary alicyclic amines) is 1. The molecule has 5 atom stereocenters. The average molecular weight is 437 g/mol. The molecule has 1 saturated heterocycles. The Morgan fingerprint density at radius 2 is 2.03 bits per heavy atom. The molecule has 172 valence electrons. The van der Waals surface area contributed by atoms with E-state index in [1.165, 1.54) is 18.2 Å². The third kappa shape index (κ3) is 6.27. The Bertz CT molecular complexity index is 783. The molecule has 0 aliphatic carbocycles. The molecular formula is C20H32N6O5. The SMILES string of the molecule is CCC(C)C(NC(=O)C1CCCN1C(=O)C(C)NC(=O)C(N)Cc1cnc[nH]1)C(=O)O. The van der Waals surface area contributed by atoms with Crippen LogP contribution in [-0.4, -0.2) is 74.4 Å². The van der Waals surface area contributed by atoms with Gasteiger partial charge in [0.1, 0.15) is 18.1 Å². The fourth-order valence-corrected chi connectivity index (χ4v) is 3.59. The summed E-state index contributed by atoms with van der Waals surface area (Å²) >= 11 is 0. The average Bonchev–Trinajstić information content (AvgIpc) is 3.42. The molecule has 11 heteroatoms. The van der Waals surface area contributed by atoms with Crippen molar-refractivity contribution in [3.8, 4) is 0 Å². The van der Waals surface area contributed by atoms with Crippen LogP contribution in [0.1, 0.15) is 45.7 Å². The summed E-state index contributed by atoms with van der Waals surface area (Å²) in [5, 5.41) is 14.6. The molecule has 3 amide bonds. The molecule has 31 heavy (non-hydrogen) atoms. The first-order chi connectivity index (χ1) is 14.6. The Hall–Kier alpha value is -2.95. The molecule has 0 radical (unpaired) electrons. The largest absolute Gasteiger partial charge is 0.480 e. The first-order valence-corrected chi connectivity index (χ1v) is 10.5. The van der Waals surface area contributed by atoms with E-state index in [1.807, 2.05) is 6.92 Å². The molecule has 0 spiro atoms. The fraction of sp³-hybridized carbons (Fsp3) is 0.650. The van der Waals surface area contributed by atoms with Crippen molar-refractivity contribution in [2.75, 3.05) is 6.54 Å². The summed E-state index contributed by atoms with van der Waals surface area (Å²) in [7, 11) is 0. The van der Waals surface area contributed by atoms with E-state index in [4.69, 9.17) is 5.73 Å². The summed E-state index contributed by atoms with van der Waals surface area (Å²) in [5.74, 6) is -2.74. The molecule has 1 aromatic rings. The molecule has 0 aromatic carbocycles. The van der Waals surface area contributed by atoms with Gasteiger partial charge in [0.25, 0.3) is 0 Å². The lowest BCUT2D eigenvalue weighted by atomic mass is 9.98. The Labute approximate surface area is 181 Å². The summed E-state index contributed by atoms with van der Waals surface area (Å²) in [6.07, 6.45) is 4.94. The van der Waals surface area contributed by atoms with Gasteiger partial charge in [0.15, 0.2) is 0 Å². The van der Waals surface area contributed by atoms with E-state index in [2.05, 4.69) is 20.6 Å². The van der Waals surface area contributed by atoms with Crippen LogP contribution in [0.5, 0.6) is 0 Å². The lowest BCUT2D eigenvalue weighted by molar-refractivity contribution is -0.145. The van der Waals surface area contributed by atoms with Crippen LogP contribution < -0.4 is 16.4 Å². The zero-order valence-corrected chi connectivity index (χ0v) is 18.1. The first kappa shape index (κ1) is 24.3. The van der Waals surface area contributed by atoms with E-state index >= 15 is 0 Å². The van der Waals surface area contributed by atoms with Crippen LogP contribution in [0.4, 0.5) is 0 Å². The molecule has 2 heterocycles. The van der Waals surface area contributed by atoms with Gasteiger partial charge < -0.3 is 31.4 Å². The second-order valence-electron chi connectivity index (χ2n) is 8.02. The predicted octanol–water partition coefficient (Wildman–Crippen LogP) is -0.609. The summed E-state index contributed by atoms with van der Waals surface area (Å²) < 4.78 is 0. The summed E-state index contributed by atoms with van der Waals surface area (Å²) in [4.78, 5) is 57.6. The van der Waals surface area contributed by atoms with E-state index in [9.17, 15) is 24.3 Å². The normalized spacial score (nSPS) is 19.9. The monoisotopic (exact) mass is 436 g/mol. The van der Waals surface area contributed by atoms with Gasteiger partial charge in [0.2, 0.25) is 17.7 Å². The molecule has 0 saturated carbocycles. The summed E-state index contributed by atoms with van der Waals surface area (Å²) in [5.41, 5.74) is 6.61. The lowest BCUT2D eigenvalue weighted by Crippen LogP contribution is -2.56. The molecule has 6 N–H and O–H groups in total. The predicted molar refractivity (Wildman–Crippen MR) is 112 cm³/mol. The zero-order valence-electron chi connectivity index (χ0n) is 18.1. The highest BCUT2D eigenvalue weighted by atomic mass is 16.4. The van der Waals surface area contributed by atoms with E-state index in [-0.39, 0.29) is 12.3 Å². The number of nitrogens with one attached hydrogen (secondary N) is 3. The van der Waals surface area contributed by atoms with Gasteiger partial charge in [-0.2, -0.15) is 0 Å². The van der Waals surface area contributed by atoms with Crippen molar-refractivity contribution in [2.24, 2.45) is 11.7 Å². The second kappa shape index (κ2) is 10.9. The lowest BCUT2D eigenvalue weighted by Gasteiger charge is -2.29. The van der Waals surface area contributed by atoms with Crippen LogP contribution in [0.2, 0.25) is 0 Å². The minimum Gasteiger partial charge on any atom is -0.480 e. The molecule has 5 unspecified atom stereocenters. The number of amides is 3. The standard InChI is InChI=1S/C20H32N6O5/c1-4-11(2)16(20(30)31)25-18(28)15-6-5-7-26(15)19(29)12(3)24-17(27)14(21)8-13-9-22-10-23-13/h9-12,14-16H,4-8,21H2,1-3H3,(H,22,23)(H,24,27)(H,25,28)(H,30,31). The highest BCUT2D eigenvalue weighted by Gasteiger charge is 2.38. The van der Waals surface area contributed by atoms with Crippen molar-refractivity contribution in [2.45, 2.75) is 70.6 Å². The quantitative estimate of drug-likeness (QED) is 0.326. The van der Waals surface area contributed by atoms with Gasteiger partial charge in [-0.25, -0.2) is 9.78 Å². The van der Waals surface area contributed by atoms with Crippen molar-refractivity contribution in [3.63, 3.8) is 0 Å². The zero-order chi connectivity index (χ0) is 23.1. The number of carbonyl (C=O) groups is 4. The number of nitrogens with two attached hydrogens (primary N) is 1. The van der Waals surface area contributed by atoms with Gasteiger partial charge in [-0.1, -0.05) is 20.3 Å². The number of carboxylic acid groups (broad SMARTS) is 1. The highest BCUT2D eigenvalue weighted by Crippen LogP contribution is 2.20. The maximum absolute atomic E-state index is 12.9. The number of hydrogen-bond donors (Lipinski definition) is 5. The number of aromatic nitrogens is 2. The molecule has 2 rings (SSSR count). The number of hydrogen-bond acceptors (Lipinski definition) is 6.